The predicted molar refractivity (Wildman–Crippen MR) is 266 cm³/mol. The summed E-state index contributed by atoms with van der Waals surface area (Å²) in [6.45, 7) is 2.08. The van der Waals surface area contributed by atoms with Gasteiger partial charge < -0.3 is 57.3 Å². The summed E-state index contributed by atoms with van der Waals surface area (Å²) in [4.78, 5) is 25.0. The second kappa shape index (κ2) is 27.8. The average molecular weight is 981 g/mol. The molecule has 0 saturated carbocycles. The van der Waals surface area contributed by atoms with Gasteiger partial charge in [0, 0.05) is 6.42 Å². The van der Waals surface area contributed by atoms with E-state index in [0.717, 1.165) is 33.4 Å². The molecule has 2 fully saturated rings. The van der Waals surface area contributed by atoms with Gasteiger partial charge in [0.2, 0.25) is 0 Å². The Morgan fingerprint density at radius 2 is 0.708 bits per heavy atom. The monoisotopic (exact) mass is 980 g/mol. The minimum absolute atomic E-state index is 0.0389. The molecular formula is C59H64O13. The lowest BCUT2D eigenvalue weighted by atomic mass is 9.97. The van der Waals surface area contributed by atoms with Crippen molar-refractivity contribution in [2.24, 2.45) is 0 Å². The number of rotatable bonds is 26. The lowest BCUT2D eigenvalue weighted by Gasteiger charge is -2.47. The number of aliphatic hydroxyl groups is 1. The number of carbonyl (C=O) groups excluding carboxylic acids is 2. The zero-order chi connectivity index (χ0) is 49.7. The summed E-state index contributed by atoms with van der Waals surface area (Å²) in [7, 11) is 0. The van der Waals surface area contributed by atoms with E-state index in [-0.39, 0.29) is 71.5 Å². The molecule has 6 aromatic carbocycles. The SMILES string of the molecule is CC(=O)CCC(=O)OC[C@H]1O[C@@H](OC[C@H]2O[C@@H](O)[C@H](OCc3ccccc3)[C@@H](OCc3ccccc3)[C@@H]2OCc2ccccc2)[C@H](OCc2ccccc2)[C@@H](OCc2ccccc2)[C@@H]1OCc1ccccc1. The third kappa shape index (κ3) is 15.8. The number of esters is 1. The molecule has 2 heterocycles. The Balaban J connectivity index is 1.12. The highest BCUT2D eigenvalue weighted by Gasteiger charge is 2.52. The van der Waals surface area contributed by atoms with Gasteiger partial charge in [-0.15, -0.1) is 0 Å². The fourth-order valence-corrected chi connectivity index (χ4v) is 8.63. The number of Topliss-reactive ketones (excluding diaryl/α,β-unsaturated/α-hetero) is 1. The maximum absolute atomic E-state index is 13.1. The van der Waals surface area contributed by atoms with Gasteiger partial charge in [0.15, 0.2) is 12.6 Å². The van der Waals surface area contributed by atoms with E-state index in [0.29, 0.717) is 0 Å². The molecule has 72 heavy (non-hydrogen) atoms. The van der Waals surface area contributed by atoms with Crippen molar-refractivity contribution in [2.45, 2.75) is 121 Å². The minimum Gasteiger partial charge on any atom is -0.463 e. The molecule has 0 radical (unpaired) electrons. The van der Waals surface area contributed by atoms with Gasteiger partial charge in [-0.25, -0.2) is 0 Å². The van der Waals surface area contributed by atoms with Crippen LogP contribution in [-0.2, 0) is 96.6 Å². The van der Waals surface area contributed by atoms with Gasteiger partial charge >= 0.3 is 5.97 Å². The van der Waals surface area contributed by atoms with E-state index in [1.54, 1.807) is 0 Å². The first-order chi connectivity index (χ1) is 35.4. The molecule has 0 aromatic heterocycles. The fourth-order valence-electron chi connectivity index (χ4n) is 8.63. The van der Waals surface area contributed by atoms with Crippen LogP contribution in [0.1, 0.15) is 53.1 Å². The molecule has 6 aromatic rings. The molecule has 0 amide bonds. The first-order valence-corrected chi connectivity index (χ1v) is 24.5. The number of ether oxygens (including phenoxy) is 10. The number of hydrogen-bond donors (Lipinski definition) is 1. The molecule has 0 spiro atoms. The smallest absolute Gasteiger partial charge is 0.306 e. The molecule has 1 N–H and O–H groups in total. The number of benzene rings is 6. The summed E-state index contributed by atoms with van der Waals surface area (Å²) < 4.78 is 66.5. The summed E-state index contributed by atoms with van der Waals surface area (Å²) in [5.41, 5.74) is 5.45. The number of hydrogen-bond acceptors (Lipinski definition) is 13. The van der Waals surface area contributed by atoms with Crippen LogP contribution in [0.25, 0.3) is 0 Å². The Labute approximate surface area is 421 Å². The van der Waals surface area contributed by atoms with Crippen LogP contribution in [-0.4, -0.2) is 91.5 Å². The second-order valence-corrected chi connectivity index (χ2v) is 17.9. The van der Waals surface area contributed by atoms with E-state index in [1.807, 2.05) is 182 Å². The third-order valence-corrected chi connectivity index (χ3v) is 12.4. The van der Waals surface area contributed by atoms with E-state index in [4.69, 9.17) is 47.4 Å². The van der Waals surface area contributed by atoms with Crippen molar-refractivity contribution in [1.29, 1.82) is 0 Å². The van der Waals surface area contributed by atoms with Gasteiger partial charge in [0.05, 0.1) is 52.7 Å². The lowest BCUT2D eigenvalue weighted by molar-refractivity contribution is -0.348. The first kappa shape index (κ1) is 52.4. The van der Waals surface area contributed by atoms with Gasteiger partial charge in [-0.1, -0.05) is 182 Å². The third-order valence-electron chi connectivity index (χ3n) is 12.4. The molecule has 2 aliphatic heterocycles. The average Bonchev–Trinajstić information content (AvgIpc) is 3.42. The summed E-state index contributed by atoms with van der Waals surface area (Å²) >= 11 is 0. The Morgan fingerprint density at radius 3 is 1.08 bits per heavy atom. The highest BCUT2D eigenvalue weighted by Crippen LogP contribution is 2.34. The Hall–Kier alpha value is -5.94. The fraction of sp³-hybridized carbons (Fsp3) is 0.356. The number of carbonyl (C=O) groups is 2. The normalized spacial score (nSPS) is 24.1. The molecule has 0 unspecified atom stereocenters. The van der Waals surface area contributed by atoms with Crippen LogP contribution >= 0.6 is 0 Å². The second-order valence-electron chi connectivity index (χ2n) is 17.9. The van der Waals surface area contributed by atoms with Gasteiger partial charge in [0.25, 0.3) is 0 Å². The van der Waals surface area contributed by atoms with E-state index >= 15 is 0 Å². The van der Waals surface area contributed by atoms with Crippen LogP contribution in [0, 0.1) is 0 Å². The molecule has 0 bridgehead atoms. The molecule has 0 aliphatic carbocycles. The van der Waals surface area contributed by atoms with Gasteiger partial charge in [-0.2, -0.15) is 0 Å². The summed E-state index contributed by atoms with van der Waals surface area (Å²) in [6.07, 6.45) is -9.93. The van der Waals surface area contributed by atoms with Crippen LogP contribution in [0.2, 0.25) is 0 Å². The van der Waals surface area contributed by atoms with Gasteiger partial charge in [-0.3, -0.25) is 4.79 Å². The van der Waals surface area contributed by atoms with Crippen molar-refractivity contribution in [1.82, 2.24) is 0 Å². The zero-order valence-corrected chi connectivity index (χ0v) is 40.5. The van der Waals surface area contributed by atoms with Crippen LogP contribution in [0.5, 0.6) is 0 Å². The summed E-state index contributed by atoms with van der Waals surface area (Å²) in [6, 6.07) is 58.4. The molecule has 10 atom stereocenters. The topological polar surface area (TPSA) is 147 Å². The number of aliphatic hydroxyl groups excluding tert-OH is 1. The van der Waals surface area contributed by atoms with Crippen molar-refractivity contribution < 1.29 is 62.1 Å². The minimum atomic E-state index is -1.46. The van der Waals surface area contributed by atoms with Crippen LogP contribution in [0.4, 0.5) is 0 Å². The van der Waals surface area contributed by atoms with Crippen molar-refractivity contribution >= 4 is 11.8 Å². The van der Waals surface area contributed by atoms with E-state index in [2.05, 4.69) is 0 Å². The highest BCUT2D eigenvalue weighted by molar-refractivity contribution is 5.80. The van der Waals surface area contributed by atoms with Crippen LogP contribution in [0.3, 0.4) is 0 Å². The number of ketones is 1. The molecule has 13 heteroatoms. The Kier molecular flexibility index (Phi) is 20.2. The lowest BCUT2D eigenvalue weighted by Crippen LogP contribution is -2.63. The molecular weight excluding hydrogens is 917 g/mol. The maximum atomic E-state index is 13.1. The molecule has 378 valence electrons. The van der Waals surface area contributed by atoms with Gasteiger partial charge in [-0.05, 0) is 40.3 Å². The summed E-state index contributed by atoms with van der Waals surface area (Å²) in [5.74, 6) is -0.695. The molecule has 2 aliphatic rings. The van der Waals surface area contributed by atoms with E-state index in [1.165, 1.54) is 6.92 Å². The highest BCUT2D eigenvalue weighted by atomic mass is 16.7. The molecule has 2 saturated heterocycles. The van der Waals surface area contributed by atoms with Crippen LogP contribution in [0.15, 0.2) is 182 Å². The van der Waals surface area contributed by atoms with Crippen molar-refractivity contribution in [3.63, 3.8) is 0 Å². The van der Waals surface area contributed by atoms with Crippen molar-refractivity contribution in [3.05, 3.63) is 215 Å². The largest absolute Gasteiger partial charge is 0.463 e. The Bertz CT molecular complexity index is 2470. The quantitative estimate of drug-likeness (QED) is 0.0517. The van der Waals surface area contributed by atoms with Gasteiger partial charge in [0.1, 0.15) is 61.2 Å². The van der Waals surface area contributed by atoms with E-state index in [9.17, 15) is 14.7 Å². The van der Waals surface area contributed by atoms with Crippen molar-refractivity contribution in [3.8, 4) is 0 Å². The Morgan fingerprint density at radius 1 is 0.389 bits per heavy atom. The zero-order valence-electron chi connectivity index (χ0n) is 40.5. The molecule has 13 nitrogen and oxygen atoms in total. The molecule has 8 rings (SSSR count). The summed E-state index contributed by atoms with van der Waals surface area (Å²) in [5, 5.41) is 11.9. The van der Waals surface area contributed by atoms with Crippen molar-refractivity contribution in [2.75, 3.05) is 13.2 Å². The standard InChI is InChI=1S/C59H64O13/c1-42(60)32-33-51(61)63-40-50-53(65-35-44-22-10-3-11-23-44)55(67-37-46-26-14-5-15-27-46)57(69-39-48-30-18-7-19-31-48)59(72-50)70-41-49-52(64-34-43-20-8-2-9-21-43)54(66-36-45-24-12-4-13-25-45)56(58(62)71-49)68-38-47-28-16-6-17-29-47/h2-31,49-50,52-59,62H,32-41H2,1H3/t49-,50-,52-,53-,54+,55+,56-,57-,58-,59-/m1/s1. The van der Waals surface area contributed by atoms with Crippen LogP contribution < -0.4 is 0 Å². The van der Waals surface area contributed by atoms with E-state index < -0.39 is 67.4 Å². The maximum Gasteiger partial charge on any atom is 0.306 e. The first-order valence-electron chi connectivity index (χ1n) is 24.5. The predicted octanol–water partition coefficient (Wildman–Crippen LogP) is 8.87.